The summed E-state index contributed by atoms with van der Waals surface area (Å²) >= 11 is 3.40. The van der Waals surface area contributed by atoms with Gasteiger partial charge < -0.3 is 11.1 Å². The van der Waals surface area contributed by atoms with Gasteiger partial charge in [0.2, 0.25) is 0 Å². The fourth-order valence-corrected chi connectivity index (χ4v) is 2.44. The number of pyridine rings is 2. The standard InChI is InChI=1S/C12H13BrN4/c13-7-3-11-12(16-6-7)10(1-2-15-11)17-9-4-8(14)5-9/h1-3,6,8-9H,4-5,14H2,(H,15,17). The van der Waals surface area contributed by atoms with Crippen LogP contribution in [-0.2, 0) is 0 Å². The molecule has 4 nitrogen and oxygen atoms in total. The second kappa shape index (κ2) is 4.23. The molecular weight excluding hydrogens is 280 g/mol. The second-order valence-corrected chi connectivity index (χ2v) is 5.37. The van der Waals surface area contributed by atoms with Crippen molar-refractivity contribution in [2.45, 2.75) is 24.9 Å². The summed E-state index contributed by atoms with van der Waals surface area (Å²) in [6.07, 6.45) is 5.65. The van der Waals surface area contributed by atoms with Gasteiger partial charge in [0.05, 0.1) is 11.2 Å². The molecule has 88 valence electrons. The minimum Gasteiger partial charge on any atom is -0.380 e. The monoisotopic (exact) mass is 292 g/mol. The summed E-state index contributed by atoms with van der Waals surface area (Å²) in [6.45, 7) is 0. The van der Waals surface area contributed by atoms with E-state index in [4.69, 9.17) is 5.73 Å². The van der Waals surface area contributed by atoms with Gasteiger partial charge in [-0.2, -0.15) is 0 Å². The van der Waals surface area contributed by atoms with Gasteiger partial charge in [0.1, 0.15) is 5.52 Å². The largest absolute Gasteiger partial charge is 0.380 e. The third-order valence-corrected chi connectivity index (χ3v) is 3.51. The highest BCUT2D eigenvalue weighted by Gasteiger charge is 2.26. The Bertz CT molecular complexity index is 551. The molecule has 1 fully saturated rings. The number of rotatable bonds is 2. The quantitative estimate of drug-likeness (QED) is 0.891. The Morgan fingerprint density at radius 2 is 2.18 bits per heavy atom. The first kappa shape index (κ1) is 10.9. The molecule has 17 heavy (non-hydrogen) atoms. The smallest absolute Gasteiger partial charge is 0.112 e. The van der Waals surface area contributed by atoms with Gasteiger partial charge >= 0.3 is 0 Å². The molecule has 0 bridgehead atoms. The molecule has 0 amide bonds. The topological polar surface area (TPSA) is 63.8 Å². The highest BCUT2D eigenvalue weighted by Crippen LogP contribution is 2.27. The van der Waals surface area contributed by atoms with Crippen molar-refractivity contribution in [3.05, 3.63) is 29.0 Å². The third kappa shape index (κ3) is 2.12. The van der Waals surface area contributed by atoms with E-state index in [1.165, 1.54) is 0 Å². The second-order valence-electron chi connectivity index (χ2n) is 4.45. The SMILES string of the molecule is NC1CC(Nc2ccnc3cc(Br)cnc23)C1. The Kier molecular flexibility index (Phi) is 2.72. The van der Waals surface area contributed by atoms with Crippen LogP contribution in [-0.4, -0.2) is 22.1 Å². The number of aromatic nitrogens is 2. The van der Waals surface area contributed by atoms with E-state index in [0.717, 1.165) is 34.0 Å². The number of hydrogen-bond donors (Lipinski definition) is 2. The fraction of sp³-hybridized carbons (Fsp3) is 0.333. The zero-order valence-corrected chi connectivity index (χ0v) is 10.8. The van der Waals surface area contributed by atoms with Crippen molar-refractivity contribution in [3.63, 3.8) is 0 Å². The molecule has 0 radical (unpaired) electrons. The molecule has 3 rings (SSSR count). The summed E-state index contributed by atoms with van der Waals surface area (Å²) < 4.78 is 0.945. The van der Waals surface area contributed by atoms with Crippen LogP contribution < -0.4 is 11.1 Å². The van der Waals surface area contributed by atoms with Gasteiger partial charge in [0.15, 0.2) is 0 Å². The molecule has 0 unspecified atom stereocenters. The highest BCUT2D eigenvalue weighted by molar-refractivity contribution is 9.10. The zero-order valence-electron chi connectivity index (χ0n) is 9.23. The van der Waals surface area contributed by atoms with Crippen molar-refractivity contribution in [2.24, 2.45) is 5.73 Å². The van der Waals surface area contributed by atoms with Crippen LogP contribution in [0.25, 0.3) is 11.0 Å². The summed E-state index contributed by atoms with van der Waals surface area (Å²) in [5, 5.41) is 3.47. The van der Waals surface area contributed by atoms with E-state index in [9.17, 15) is 0 Å². The number of nitrogens with one attached hydrogen (secondary N) is 1. The van der Waals surface area contributed by atoms with Crippen molar-refractivity contribution >= 4 is 32.7 Å². The Balaban J connectivity index is 1.93. The van der Waals surface area contributed by atoms with Gasteiger partial charge in [-0.3, -0.25) is 9.97 Å². The first-order chi connectivity index (χ1) is 8.22. The van der Waals surface area contributed by atoms with Crippen LogP contribution in [0.5, 0.6) is 0 Å². The number of halogens is 1. The predicted octanol–water partition coefficient (Wildman–Crippen LogP) is 2.29. The maximum atomic E-state index is 5.78. The number of nitrogens with zero attached hydrogens (tertiary/aromatic N) is 2. The molecule has 2 aromatic rings. The summed E-state index contributed by atoms with van der Waals surface area (Å²) in [5.74, 6) is 0. The van der Waals surface area contributed by atoms with Crippen LogP contribution in [0.4, 0.5) is 5.69 Å². The van der Waals surface area contributed by atoms with Gasteiger partial charge in [-0.25, -0.2) is 0 Å². The van der Waals surface area contributed by atoms with E-state index < -0.39 is 0 Å². The van der Waals surface area contributed by atoms with Crippen LogP contribution in [0.2, 0.25) is 0 Å². The van der Waals surface area contributed by atoms with Crippen molar-refractivity contribution in [1.29, 1.82) is 0 Å². The first-order valence-electron chi connectivity index (χ1n) is 5.65. The fourth-order valence-electron chi connectivity index (χ4n) is 2.12. The van der Waals surface area contributed by atoms with Crippen LogP contribution in [0.15, 0.2) is 29.0 Å². The molecule has 0 atom stereocenters. The van der Waals surface area contributed by atoms with Crippen LogP contribution in [0.1, 0.15) is 12.8 Å². The van der Waals surface area contributed by atoms with Gasteiger partial charge in [-0.1, -0.05) is 0 Å². The Morgan fingerprint density at radius 3 is 2.94 bits per heavy atom. The lowest BCUT2D eigenvalue weighted by Crippen LogP contribution is -2.44. The summed E-state index contributed by atoms with van der Waals surface area (Å²) in [4.78, 5) is 8.72. The minimum atomic E-state index is 0.350. The molecule has 0 aliphatic heterocycles. The van der Waals surface area contributed by atoms with Gasteiger partial charge in [-0.15, -0.1) is 0 Å². The predicted molar refractivity (Wildman–Crippen MR) is 71.9 cm³/mol. The molecule has 0 saturated heterocycles. The van der Waals surface area contributed by atoms with Crippen LogP contribution in [0, 0.1) is 0 Å². The average molecular weight is 293 g/mol. The molecule has 1 aliphatic carbocycles. The molecule has 1 saturated carbocycles. The molecule has 2 heterocycles. The molecule has 0 spiro atoms. The van der Waals surface area contributed by atoms with Crippen molar-refractivity contribution in [1.82, 2.24) is 9.97 Å². The maximum absolute atomic E-state index is 5.78. The lowest BCUT2D eigenvalue weighted by atomic mass is 9.87. The Labute approximate surface area is 108 Å². The summed E-state index contributed by atoms with van der Waals surface area (Å²) in [5.41, 5.74) is 8.63. The molecule has 2 aromatic heterocycles. The van der Waals surface area contributed by atoms with Crippen LogP contribution >= 0.6 is 15.9 Å². The van der Waals surface area contributed by atoms with E-state index in [0.29, 0.717) is 12.1 Å². The average Bonchev–Trinajstić information content (AvgIpc) is 2.27. The van der Waals surface area contributed by atoms with Crippen molar-refractivity contribution in [2.75, 3.05) is 5.32 Å². The van der Waals surface area contributed by atoms with Gasteiger partial charge in [0.25, 0.3) is 0 Å². The third-order valence-electron chi connectivity index (χ3n) is 3.08. The molecular formula is C12H13BrN4. The van der Waals surface area contributed by atoms with E-state index in [1.807, 2.05) is 12.1 Å². The summed E-state index contributed by atoms with van der Waals surface area (Å²) in [7, 11) is 0. The number of nitrogens with two attached hydrogens (primary N) is 1. The van der Waals surface area contributed by atoms with Crippen molar-refractivity contribution < 1.29 is 0 Å². The molecule has 3 N–H and O–H groups in total. The highest BCUT2D eigenvalue weighted by atomic mass is 79.9. The summed E-state index contributed by atoms with van der Waals surface area (Å²) in [6, 6.07) is 4.76. The number of anilines is 1. The van der Waals surface area contributed by atoms with Crippen molar-refractivity contribution in [3.8, 4) is 0 Å². The molecule has 1 aliphatic rings. The van der Waals surface area contributed by atoms with E-state index in [2.05, 4.69) is 31.2 Å². The Morgan fingerprint density at radius 1 is 1.35 bits per heavy atom. The van der Waals surface area contributed by atoms with Gasteiger partial charge in [0, 0.05) is 29.0 Å². The minimum absolute atomic E-state index is 0.350. The Hall–Kier alpha value is -1.20. The number of hydrogen-bond acceptors (Lipinski definition) is 4. The van der Waals surface area contributed by atoms with E-state index in [1.54, 1.807) is 12.4 Å². The normalized spacial score (nSPS) is 23.4. The lowest BCUT2D eigenvalue weighted by Gasteiger charge is -2.33. The van der Waals surface area contributed by atoms with E-state index >= 15 is 0 Å². The zero-order chi connectivity index (χ0) is 11.8. The molecule has 0 aromatic carbocycles. The van der Waals surface area contributed by atoms with Crippen LogP contribution in [0.3, 0.4) is 0 Å². The molecule has 5 heteroatoms. The lowest BCUT2D eigenvalue weighted by molar-refractivity contribution is 0.374. The number of fused-ring (bicyclic) bond motifs is 1. The van der Waals surface area contributed by atoms with Gasteiger partial charge in [-0.05, 0) is 40.9 Å². The van der Waals surface area contributed by atoms with E-state index in [-0.39, 0.29) is 0 Å². The first-order valence-corrected chi connectivity index (χ1v) is 6.44. The maximum Gasteiger partial charge on any atom is 0.112 e.